The lowest BCUT2D eigenvalue weighted by molar-refractivity contribution is 0.628. The van der Waals surface area contributed by atoms with Crippen LogP contribution in [0.2, 0.25) is 0 Å². The number of allylic oxidation sites excluding steroid dienone is 4. The first-order valence-electron chi connectivity index (χ1n) is 5.33. The maximum atomic E-state index is 3.69. The summed E-state index contributed by atoms with van der Waals surface area (Å²) in [5.41, 5.74) is 0. The third-order valence-electron chi connectivity index (χ3n) is 2.18. The molecule has 0 aromatic carbocycles. The van der Waals surface area contributed by atoms with Gasteiger partial charge in [-0.25, -0.2) is 0 Å². The van der Waals surface area contributed by atoms with Gasteiger partial charge in [0.05, 0.1) is 0 Å². The SMILES string of the molecule is [CH2]/C=C/C(C)C/C=C/C(C)CCC. The fourth-order valence-electron chi connectivity index (χ4n) is 1.39. The van der Waals surface area contributed by atoms with Gasteiger partial charge < -0.3 is 0 Å². The summed E-state index contributed by atoms with van der Waals surface area (Å²) < 4.78 is 0. The van der Waals surface area contributed by atoms with Crippen LogP contribution in [0.3, 0.4) is 0 Å². The minimum absolute atomic E-state index is 0.627. The van der Waals surface area contributed by atoms with Gasteiger partial charge in [0, 0.05) is 0 Å². The molecule has 1 radical (unpaired) electrons. The number of rotatable bonds is 6. The highest BCUT2D eigenvalue weighted by molar-refractivity contribution is 4.94. The van der Waals surface area contributed by atoms with E-state index in [-0.39, 0.29) is 0 Å². The molecule has 0 aliphatic carbocycles. The van der Waals surface area contributed by atoms with Crippen molar-refractivity contribution in [3.05, 3.63) is 31.2 Å². The molecule has 0 aliphatic rings. The molecule has 0 fully saturated rings. The van der Waals surface area contributed by atoms with Crippen LogP contribution < -0.4 is 0 Å². The molecule has 0 spiro atoms. The van der Waals surface area contributed by atoms with E-state index in [1.807, 2.05) is 6.08 Å². The molecule has 0 N–H and O–H groups in total. The Labute approximate surface area is 83.7 Å². The van der Waals surface area contributed by atoms with Gasteiger partial charge in [-0.1, -0.05) is 51.5 Å². The van der Waals surface area contributed by atoms with Crippen molar-refractivity contribution >= 4 is 0 Å². The summed E-state index contributed by atoms with van der Waals surface area (Å²) in [5.74, 6) is 1.36. The van der Waals surface area contributed by atoms with Crippen molar-refractivity contribution in [3.63, 3.8) is 0 Å². The van der Waals surface area contributed by atoms with Gasteiger partial charge in [0.15, 0.2) is 0 Å². The molecular weight excluding hydrogens is 156 g/mol. The molecule has 0 amide bonds. The molecule has 0 saturated carbocycles. The largest absolute Gasteiger partial charge is 0.0880 e. The van der Waals surface area contributed by atoms with E-state index in [4.69, 9.17) is 0 Å². The third-order valence-corrected chi connectivity index (χ3v) is 2.18. The van der Waals surface area contributed by atoms with Crippen LogP contribution in [0.5, 0.6) is 0 Å². The van der Waals surface area contributed by atoms with Crippen molar-refractivity contribution < 1.29 is 0 Å². The van der Waals surface area contributed by atoms with Gasteiger partial charge in [0.25, 0.3) is 0 Å². The van der Waals surface area contributed by atoms with Gasteiger partial charge >= 0.3 is 0 Å². The second-order valence-electron chi connectivity index (χ2n) is 3.84. The highest BCUT2D eigenvalue weighted by Crippen LogP contribution is 2.09. The van der Waals surface area contributed by atoms with E-state index in [2.05, 4.69) is 45.9 Å². The second kappa shape index (κ2) is 8.10. The van der Waals surface area contributed by atoms with Gasteiger partial charge in [-0.3, -0.25) is 0 Å². The van der Waals surface area contributed by atoms with Crippen molar-refractivity contribution in [2.75, 3.05) is 0 Å². The van der Waals surface area contributed by atoms with Gasteiger partial charge in [-0.15, -0.1) is 0 Å². The second-order valence-corrected chi connectivity index (χ2v) is 3.84. The smallest absolute Gasteiger partial charge is 0.0227 e. The maximum Gasteiger partial charge on any atom is -0.0227 e. The zero-order chi connectivity index (χ0) is 10.1. The molecule has 0 saturated heterocycles. The molecule has 13 heavy (non-hydrogen) atoms. The topological polar surface area (TPSA) is 0 Å². The third kappa shape index (κ3) is 7.83. The Morgan fingerprint density at radius 3 is 2.38 bits per heavy atom. The minimum atomic E-state index is 0.627. The van der Waals surface area contributed by atoms with Crippen molar-refractivity contribution in [2.45, 2.75) is 40.0 Å². The van der Waals surface area contributed by atoms with Gasteiger partial charge in [0.2, 0.25) is 0 Å². The van der Waals surface area contributed by atoms with Crippen LogP contribution in [-0.4, -0.2) is 0 Å². The summed E-state index contributed by atoms with van der Waals surface area (Å²) in [6.45, 7) is 10.4. The molecule has 2 atom stereocenters. The Morgan fingerprint density at radius 1 is 1.15 bits per heavy atom. The fraction of sp³-hybridized carbons (Fsp3) is 0.615. The summed E-state index contributed by atoms with van der Waals surface area (Å²) in [4.78, 5) is 0. The normalized spacial score (nSPS) is 16.9. The zero-order valence-electron chi connectivity index (χ0n) is 9.29. The van der Waals surface area contributed by atoms with Gasteiger partial charge in [0.1, 0.15) is 0 Å². The average Bonchev–Trinajstić information content (AvgIpc) is 2.05. The Morgan fingerprint density at radius 2 is 1.85 bits per heavy atom. The Kier molecular flexibility index (Phi) is 7.77. The molecule has 0 aliphatic heterocycles. The van der Waals surface area contributed by atoms with Crippen LogP contribution in [0.25, 0.3) is 0 Å². The van der Waals surface area contributed by atoms with E-state index >= 15 is 0 Å². The molecule has 0 heteroatoms. The van der Waals surface area contributed by atoms with E-state index in [1.54, 1.807) is 0 Å². The van der Waals surface area contributed by atoms with Crippen LogP contribution >= 0.6 is 0 Å². The first kappa shape index (κ1) is 12.5. The lowest BCUT2D eigenvalue weighted by atomic mass is 10.0. The van der Waals surface area contributed by atoms with E-state index < -0.39 is 0 Å². The van der Waals surface area contributed by atoms with Crippen LogP contribution in [0, 0.1) is 18.8 Å². The highest BCUT2D eigenvalue weighted by Gasteiger charge is 1.95. The number of hydrogen-bond donors (Lipinski definition) is 0. The minimum Gasteiger partial charge on any atom is -0.0880 e. The Bertz CT molecular complexity index is 153. The van der Waals surface area contributed by atoms with Crippen molar-refractivity contribution in [3.8, 4) is 0 Å². The van der Waals surface area contributed by atoms with Crippen LogP contribution in [0.4, 0.5) is 0 Å². The van der Waals surface area contributed by atoms with Gasteiger partial charge in [-0.2, -0.15) is 0 Å². The molecule has 75 valence electrons. The lowest BCUT2D eigenvalue weighted by Gasteiger charge is -2.04. The Hall–Kier alpha value is -0.520. The summed E-state index contributed by atoms with van der Waals surface area (Å²) in [5, 5.41) is 0. The predicted molar refractivity (Wildman–Crippen MR) is 61.5 cm³/mol. The predicted octanol–water partition coefficient (Wildman–Crippen LogP) is 4.40. The molecule has 0 aromatic heterocycles. The molecular formula is C13H23. The average molecular weight is 179 g/mol. The lowest BCUT2D eigenvalue weighted by Crippen LogP contribution is -1.89. The molecule has 0 heterocycles. The fourth-order valence-corrected chi connectivity index (χ4v) is 1.39. The maximum absolute atomic E-state index is 3.69. The molecule has 2 unspecified atom stereocenters. The van der Waals surface area contributed by atoms with E-state index in [0.717, 1.165) is 12.3 Å². The Balaban J connectivity index is 3.61. The van der Waals surface area contributed by atoms with Crippen LogP contribution in [-0.2, 0) is 0 Å². The quantitative estimate of drug-likeness (QED) is 0.530. The summed E-state index contributed by atoms with van der Waals surface area (Å²) in [6.07, 6.45) is 12.4. The van der Waals surface area contributed by atoms with Crippen molar-refractivity contribution in [1.29, 1.82) is 0 Å². The summed E-state index contributed by atoms with van der Waals surface area (Å²) >= 11 is 0. The van der Waals surface area contributed by atoms with Crippen LogP contribution in [0.1, 0.15) is 40.0 Å². The monoisotopic (exact) mass is 179 g/mol. The summed E-state index contributed by atoms with van der Waals surface area (Å²) in [7, 11) is 0. The van der Waals surface area contributed by atoms with Crippen molar-refractivity contribution in [1.82, 2.24) is 0 Å². The first-order valence-corrected chi connectivity index (χ1v) is 5.33. The number of hydrogen-bond acceptors (Lipinski definition) is 0. The first-order chi connectivity index (χ1) is 6.20. The molecule has 0 aromatic rings. The van der Waals surface area contributed by atoms with Crippen LogP contribution in [0.15, 0.2) is 24.3 Å². The van der Waals surface area contributed by atoms with E-state index in [9.17, 15) is 0 Å². The zero-order valence-corrected chi connectivity index (χ0v) is 9.29. The highest BCUT2D eigenvalue weighted by atomic mass is 14.0. The molecule has 0 bridgehead atoms. The van der Waals surface area contributed by atoms with Gasteiger partial charge in [-0.05, 0) is 31.6 Å². The van der Waals surface area contributed by atoms with E-state index in [1.165, 1.54) is 12.8 Å². The van der Waals surface area contributed by atoms with Crippen molar-refractivity contribution in [2.24, 2.45) is 11.8 Å². The van der Waals surface area contributed by atoms with E-state index in [0.29, 0.717) is 5.92 Å². The molecule has 0 nitrogen and oxygen atoms in total. The molecule has 0 rings (SSSR count). The standard InChI is InChI=1S/C13H23/c1-5-8-12(3)10-7-11-13(4)9-6-2/h5,7-8,11-13H,1,6,9-10H2,2-4H3/b8-5+,11-7+. The summed E-state index contributed by atoms with van der Waals surface area (Å²) in [6, 6.07) is 0.